The number of carbonyl (C=O) groups is 1. The van der Waals surface area contributed by atoms with Crippen molar-refractivity contribution < 1.29 is 22.7 Å². The number of rotatable bonds is 2. The van der Waals surface area contributed by atoms with E-state index in [4.69, 9.17) is 10.5 Å². The van der Waals surface area contributed by atoms with Crippen LogP contribution in [0.25, 0.3) is 0 Å². The number of primary amides is 1. The van der Waals surface area contributed by atoms with Gasteiger partial charge in [-0.05, 0) is 37.0 Å². The molecule has 3 unspecified atom stereocenters. The number of aromatic nitrogens is 1. The van der Waals surface area contributed by atoms with Crippen molar-refractivity contribution in [3.63, 3.8) is 0 Å². The van der Waals surface area contributed by atoms with Crippen LogP contribution in [0.1, 0.15) is 30.5 Å². The van der Waals surface area contributed by atoms with E-state index in [-0.39, 0.29) is 6.10 Å². The van der Waals surface area contributed by atoms with Crippen LogP contribution in [0.4, 0.5) is 13.2 Å². The molecule has 1 aromatic rings. The fourth-order valence-electron chi connectivity index (χ4n) is 3.27. The van der Waals surface area contributed by atoms with Gasteiger partial charge in [-0.25, -0.2) is 0 Å². The van der Waals surface area contributed by atoms with Gasteiger partial charge >= 0.3 is 6.18 Å². The molecule has 3 rings (SSSR count). The van der Waals surface area contributed by atoms with Gasteiger partial charge in [0.05, 0.1) is 12.0 Å². The summed E-state index contributed by atoms with van der Waals surface area (Å²) in [6.45, 7) is 0. The third-order valence-corrected chi connectivity index (χ3v) is 4.16. The van der Waals surface area contributed by atoms with E-state index < -0.39 is 29.3 Å². The fourth-order valence-corrected chi connectivity index (χ4v) is 3.27. The van der Waals surface area contributed by atoms with E-state index in [9.17, 15) is 18.0 Å². The number of nitrogens with two attached hydrogens (primary N) is 1. The minimum Gasteiger partial charge on any atom is -0.369 e. The average molecular weight is 286 g/mol. The number of carbonyl (C=O) groups excluding carboxylic acids is 1. The summed E-state index contributed by atoms with van der Waals surface area (Å²) in [6, 6.07) is 2.43. The lowest BCUT2D eigenvalue weighted by molar-refractivity contribution is -0.141. The Balaban J connectivity index is 2.05. The molecule has 4 nitrogen and oxygen atoms in total. The number of amides is 1. The Kier molecular flexibility index (Phi) is 2.79. The van der Waals surface area contributed by atoms with Crippen molar-refractivity contribution >= 4 is 5.91 Å². The Morgan fingerprint density at radius 2 is 2.25 bits per heavy atom. The highest BCUT2D eigenvalue weighted by atomic mass is 19.4. The van der Waals surface area contributed by atoms with Crippen molar-refractivity contribution in [3.8, 4) is 0 Å². The second kappa shape index (κ2) is 4.18. The highest BCUT2D eigenvalue weighted by Crippen LogP contribution is 2.54. The molecule has 7 heteroatoms. The Morgan fingerprint density at radius 3 is 2.85 bits per heavy atom. The van der Waals surface area contributed by atoms with Crippen molar-refractivity contribution in [2.24, 2.45) is 11.7 Å². The number of hydrogen-bond acceptors (Lipinski definition) is 3. The van der Waals surface area contributed by atoms with E-state index in [1.807, 2.05) is 0 Å². The number of pyridine rings is 1. The Hall–Kier alpha value is -1.63. The molecule has 2 bridgehead atoms. The van der Waals surface area contributed by atoms with Gasteiger partial charge in [0.25, 0.3) is 0 Å². The van der Waals surface area contributed by atoms with Gasteiger partial charge in [0, 0.05) is 6.20 Å². The topological polar surface area (TPSA) is 65.2 Å². The smallest absolute Gasteiger partial charge is 0.369 e. The maximum atomic E-state index is 12.8. The molecule has 2 N–H and O–H groups in total. The van der Waals surface area contributed by atoms with Gasteiger partial charge in [0.1, 0.15) is 11.3 Å². The molecule has 108 valence electrons. The molecule has 3 heterocycles. The number of hydrogen-bond donors (Lipinski definition) is 1. The van der Waals surface area contributed by atoms with Gasteiger partial charge in [-0.1, -0.05) is 0 Å². The molecular weight excluding hydrogens is 273 g/mol. The zero-order chi connectivity index (χ0) is 14.5. The molecular formula is C13H13F3N2O2. The predicted molar refractivity (Wildman–Crippen MR) is 62.3 cm³/mol. The lowest BCUT2D eigenvalue weighted by Gasteiger charge is -2.31. The van der Waals surface area contributed by atoms with E-state index in [0.29, 0.717) is 18.4 Å². The molecule has 2 saturated heterocycles. The third-order valence-electron chi connectivity index (χ3n) is 4.16. The largest absolute Gasteiger partial charge is 0.433 e. The molecule has 0 radical (unpaired) electrons. The van der Waals surface area contributed by atoms with E-state index in [2.05, 4.69) is 4.98 Å². The van der Waals surface area contributed by atoms with Crippen LogP contribution in [0.2, 0.25) is 0 Å². The van der Waals surface area contributed by atoms with Crippen LogP contribution in [-0.4, -0.2) is 17.0 Å². The lowest BCUT2D eigenvalue weighted by atomic mass is 9.74. The molecule has 1 aromatic heterocycles. The van der Waals surface area contributed by atoms with E-state index in [1.54, 1.807) is 0 Å². The van der Waals surface area contributed by atoms with Crippen LogP contribution < -0.4 is 5.73 Å². The first-order valence-electron chi connectivity index (χ1n) is 6.34. The summed E-state index contributed by atoms with van der Waals surface area (Å²) in [5.41, 5.74) is 3.72. The van der Waals surface area contributed by atoms with Crippen molar-refractivity contribution in [2.45, 2.75) is 37.1 Å². The van der Waals surface area contributed by atoms with Crippen molar-refractivity contribution in [1.82, 2.24) is 4.98 Å². The van der Waals surface area contributed by atoms with Gasteiger partial charge in [0.2, 0.25) is 5.91 Å². The maximum Gasteiger partial charge on any atom is 0.433 e. The second-order valence-corrected chi connectivity index (χ2v) is 5.29. The van der Waals surface area contributed by atoms with Crippen molar-refractivity contribution in [2.75, 3.05) is 0 Å². The van der Waals surface area contributed by atoms with Gasteiger partial charge in [-0.3, -0.25) is 9.78 Å². The van der Waals surface area contributed by atoms with Crippen LogP contribution in [0, 0.1) is 5.92 Å². The molecule has 2 aliphatic rings. The summed E-state index contributed by atoms with van der Waals surface area (Å²) in [7, 11) is 0. The van der Waals surface area contributed by atoms with Crippen LogP contribution in [0.3, 0.4) is 0 Å². The Morgan fingerprint density at radius 1 is 1.50 bits per heavy atom. The number of alkyl halides is 3. The summed E-state index contributed by atoms with van der Waals surface area (Å²) < 4.78 is 44.1. The van der Waals surface area contributed by atoms with Crippen molar-refractivity contribution in [1.29, 1.82) is 0 Å². The fraction of sp³-hybridized carbons (Fsp3) is 0.538. The second-order valence-electron chi connectivity index (χ2n) is 5.29. The van der Waals surface area contributed by atoms with Gasteiger partial charge < -0.3 is 10.5 Å². The average Bonchev–Trinajstić information content (AvgIpc) is 2.97. The quantitative estimate of drug-likeness (QED) is 0.904. The van der Waals surface area contributed by atoms with Crippen LogP contribution in [-0.2, 0) is 21.3 Å². The normalized spacial score (nSPS) is 32.5. The van der Waals surface area contributed by atoms with Gasteiger partial charge in [-0.2, -0.15) is 13.2 Å². The molecule has 0 aliphatic carbocycles. The first-order chi connectivity index (χ1) is 9.33. The third kappa shape index (κ3) is 1.88. The maximum absolute atomic E-state index is 12.8. The summed E-state index contributed by atoms with van der Waals surface area (Å²) >= 11 is 0. The summed E-state index contributed by atoms with van der Waals surface area (Å²) in [5, 5.41) is 0. The highest BCUT2D eigenvalue weighted by molar-refractivity contribution is 5.79. The number of ether oxygens (including phenoxy) is 1. The number of nitrogens with zero attached hydrogens (tertiary/aromatic N) is 1. The molecule has 2 aliphatic heterocycles. The SMILES string of the molecule is NC(=O)C1CC2CCC1(c1ccnc(C(F)(F)F)c1)O2. The monoisotopic (exact) mass is 286 g/mol. The molecule has 0 aromatic carbocycles. The van der Waals surface area contributed by atoms with Crippen LogP contribution in [0.15, 0.2) is 18.3 Å². The molecule has 0 spiro atoms. The van der Waals surface area contributed by atoms with E-state index >= 15 is 0 Å². The molecule has 3 atom stereocenters. The van der Waals surface area contributed by atoms with Crippen LogP contribution in [0.5, 0.6) is 0 Å². The van der Waals surface area contributed by atoms with E-state index in [0.717, 1.165) is 18.7 Å². The first kappa shape index (κ1) is 13.4. The summed E-state index contributed by atoms with van der Waals surface area (Å²) in [5.74, 6) is -1.11. The molecule has 20 heavy (non-hydrogen) atoms. The summed E-state index contributed by atoms with van der Waals surface area (Å²) in [4.78, 5) is 14.9. The van der Waals surface area contributed by atoms with Crippen LogP contribution >= 0.6 is 0 Å². The summed E-state index contributed by atoms with van der Waals surface area (Å²) in [6.07, 6.45) is -1.82. The molecule has 0 saturated carbocycles. The minimum absolute atomic E-state index is 0.102. The number of halogens is 3. The standard InChI is InChI=1S/C13H13F3N2O2/c14-13(15,16)10-5-7(2-4-18-10)12-3-1-8(20-12)6-9(12)11(17)19/h2,4-5,8-9H,1,3,6H2,(H2,17,19). The van der Waals surface area contributed by atoms with Gasteiger partial charge in [-0.15, -0.1) is 0 Å². The molecule has 2 fully saturated rings. The van der Waals surface area contributed by atoms with Crippen molar-refractivity contribution in [3.05, 3.63) is 29.6 Å². The number of fused-ring (bicyclic) bond motifs is 2. The Labute approximate surface area is 113 Å². The van der Waals surface area contributed by atoms with E-state index in [1.165, 1.54) is 6.07 Å². The zero-order valence-corrected chi connectivity index (χ0v) is 10.5. The molecule has 1 amide bonds. The zero-order valence-electron chi connectivity index (χ0n) is 10.5. The minimum atomic E-state index is -4.52. The first-order valence-corrected chi connectivity index (χ1v) is 6.34. The van der Waals surface area contributed by atoms with Gasteiger partial charge in [0.15, 0.2) is 0 Å². The highest BCUT2D eigenvalue weighted by Gasteiger charge is 2.57. The lowest BCUT2D eigenvalue weighted by Crippen LogP contribution is -2.40. The predicted octanol–water partition coefficient (Wildman–Crippen LogP) is 1.98. The Bertz CT molecular complexity index is 561.